The van der Waals surface area contributed by atoms with E-state index in [1.54, 1.807) is 48.3 Å². The lowest BCUT2D eigenvalue weighted by Crippen LogP contribution is -2.27. The Balaban J connectivity index is 2.15. The first-order valence-electron chi connectivity index (χ1n) is 11.0. The van der Waals surface area contributed by atoms with Gasteiger partial charge in [-0.25, -0.2) is 10.1 Å². The van der Waals surface area contributed by atoms with Gasteiger partial charge in [0.05, 0.1) is 47.0 Å². The molecule has 1 aliphatic heterocycles. The minimum atomic E-state index is -4.61. The molecule has 12 heteroatoms. The SMILES string of the molecule is [C-]#[N+]/C(C#N)=C(/C(C#N)=C/C=C1\N(C)c2ccc(C(F)(F)F)cc2N1CCCS(=O)(=O)O)c1ccccc1. The van der Waals surface area contributed by atoms with Gasteiger partial charge in [0.2, 0.25) is 0 Å². The molecule has 0 amide bonds. The van der Waals surface area contributed by atoms with Crippen molar-refractivity contribution in [3.63, 3.8) is 0 Å². The zero-order valence-electron chi connectivity index (χ0n) is 19.9. The van der Waals surface area contributed by atoms with E-state index in [1.807, 2.05) is 6.07 Å². The van der Waals surface area contributed by atoms with Gasteiger partial charge in [0, 0.05) is 19.2 Å². The predicted molar refractivity (Wildman–Crippen MR) is 136 cm³/mol. The van der Waals surface area contributed by atoms with Gasteiger partial charge in [-0.05, 0) is 42.3 Å². The third kappa shape index (κ3) is 6.22. The molecule has 0 aromatic heterocycles. The monoisotopic (exact) mass is 539 g/mol. The first-order chi connectivity index (χ1) is 17.9. The van der Waals surface area contributed by atoms with E-state index < -0.39 is 27.6 Å². The summed E-state index contributed by atoms with van der Waals surface area (Å²) in [7, 11) is -2.71. The van der Waals surface area contributed by atoms with E-state index in [1.165, 1.54) is 23.1 Å². The average molecular weight is 540 g/mol. The molecule has 0 saturated carbocycles. The summed E-state index contributed by atoms with van der Waals surface area (Å²) in [5, 5.41) is 19.4. The summed E-state index contributed by atoms with van der Waals surface area (Å²) in [4.78, 5) is 6.26. The first-order valence-corrected chi connectivity index (χ1v) is 12.6. The largest absolute Gasteiger partial charge is 0.416 e. The number of nitriles is 2. The second kappa shape index (κ2) is 11.2. The van der Waals surface area contributed by atoms with Crippen molar-refractivity contribution in [2.75, 3.05) is 29.1 Å². The van der Waals surface area contributed by atoms with E-state index in [9.17, 15) is 32.1 Å². The van der Waals surface area contributed by atoms with Crippen LogP contribution in [-0.4, -0.2) is 32.3 Å². The number of fused-ring (bicyclic) bond motifs is 1. The smallest absolute Gasteiger partial charge is 0.329 e. The zero-order chi connectivity index (χ0) is 28.1. The van der Waals surface area contributed by atoms with Crippen LogP contribution < -0.4 is 9.80 Å². The molecule has 2 aromatic rings. The lowest BCUT2D eigenvalue weighted by molar-refractivity contribution is -0.137. The molecule has 0 bridgehead atoms. The molecular weight excluding hydrogens is 519 g/mol. The van der Waals surface area contributed by atoms with Gasteiger partial charge in [0.1, 0.15) is 5.82 Å². The number of hydrogen-bond acceptors (Lipinski definition) is 6. The second-order valence-corrected chi connectivity index (χ2v) is 9.65. The Morgan fingerprint density at radius 2 is 1.82 bits per heavy atom. The third-order valence-corrected chi connectivity index (χ3v) is 6.47. The maximum Gasteiger partial charge on any atom is 0.416 e. The minimum absolute atomic E-state index is 0.0329. The van der Waals surface area contributed by atoms with Crippen LogP contribution >= 0.6 is 0 Å². The van der Waals surface area contributed by atoms with Crippen LogP contribution in [0.15, 0.2) is 77.8 Å². The molecule has 8 nitrogen and oxygen atoms in total. The minimum Gasteiger partial charge on any atom is -0.329 e. The lowest BCUT2D eigenvalue weighted by Gasteiger charge is -2.23. The molecule has 0 aliphatic carbocycles. The van der Waals surface area contributed by atoms with Gasteiger partial charge >= 0.3 is 6.18 Å². The molecular formula is C26H20F3N5O3S. The molecule has 0 unspecified atom stereocenters. The van der Waals surface area contributed by atoms with E-state index >= 15 is 0 Å². The third-order valence-electron chi connectivity index (χ3n) is 5.66. The molecule has 1 heterocycles. The van der Waals surface area contributed by atoms with E-state index in [0.717, 1.165) is 12.1 Å². The Hall–Kier alpha value is -4.57. The number of hydrogen-bond donors (Lipinski definition) is 1. The molecule has 0 fully saturated rings. The van der Waals surface area contributed by atoms with Crippen molar-refractivity contribution in [2.45, 2.75) is 12.6 Å². The fourth-order valence-corrected chi connectivity index (χ4v) is 4.46. The Labute approximate surface area is 218 Å². The molecule has 1 aliphatic rings. The molecule has 1 N–H and O–H groups in total. The summed E-state index contributed by atoms with van der Waals surface area (Å²) in [6, 6.07) is 15.3. The molecule has 0 saturated heterocycles. The maximum atomic E-state index is 13.4. The van der Waals surface area contributed by atoms with Crippen molar-refractivity contribution in [1.29, 1.82) is 10.5 Å². The van der Waals surface area contributed by atoms with Gasteiger partial charge in [0.25, 0.3) is 15.8 Å². The highest BCUT2D eigenvalue weighted by Crippen LogP contribution is 2.44. The Bertz CT molecular complexity index is 1540. The van der Waals surface area contributed by atoms with Crippen molar-refractivity contribution in [3.05, 3.63) is 100 Å². The van der Waals surface area contributed by atoms with Gasteiger partial charge in [-0.2, -0.15) is 26.9 Å². The van der Waals surface area contributed by atoms with E-state index in [0.29, 0.717) is 17.1 Å². The molecule has 194 valence electrons. The average Bonchev–Trinajstić information content (AvgIpc) is 3.13. The fourth-order valence-electron chi connectivity index (χ4n) is 3.97. The summed E-state index contributed by atoms with van der Waals surface area (Å²) in [6.07, 6.45) is -1.92. The number of nitrogens with zero attached hydrogens (tertiary/aromatic N) is 5. The van der Waals surface area contributed by atoms with Crippen molar-refractivity contribution in [1.82, 2.24) is 0 Å². The maximum absolute atomic E-state index is 13.4. The van der Waals surface area contributed by atoms with Crippen LogP contribution in [0, 0.1) is 29.2 Å². The highest BCUT2D eigenvalue weighted by molar-refractivity contribution is 7.85. The highest BCUT2D eigenvalue weighted by atomic mass is 32.2. The van der Waals surface area contributed by atoms with Gasteiger partial charge in [-0.1, -0.05) is 30.3 Å². The van der Waals surface area contributed by atoms with Crippen molar-refractivity contribution < 1.29 is 26.1 Å². The van der Waals surface area contributed by atoms with E-state index in [2.05, 4.69) is 4.85 Å². The van der Waals surface area contributed by atoms with E-state index in [-0.39, 0.29) is 35.5 Å². The van der Waals surface area contributed by atoms with Crippen molar-refractivity contribution in [3.8, 4) is 12.1 Å². The summed E-state index contributed by atoms with van der Waals surface area (Å²) in [6.45, 7) is 7.31. The van der Waals surface area contributed by atoms with Gasteiger partial charge in [0.15, 0.2) is 0 Å². The van der Waals surface area contributed by atoms with Crippen LogP contribution in [0.3, 0.4) is 0 Å². The number of benzene rings is 2. The fraction of sp³-hybridized carbons (Fsp3) is 0.192. The standard InChI is InChI=1S/C26H20F3N5O3S/c1-32-21(17-31)25(18-7-4-3-5-8-18)19(16-30)9-12-24-33(2)22-11-10-20(26(27,28)29)15-23(22)34(24)13-6-14-38(35,36)37/h3-5,7-12,15H,6,13-14H2,2H3,(H,35,36,37)/b19-9+,24-12+,25-21+. The second-order valence-electron chi connectivity index (χ2n) is 8.08. The molecule has 0 radical (unpaired) electrons. The quantitative estimate of drug-likeness (QED) is 0.217. The van der Waals surface area contributed by atoms with Crippen LogP contribution in [0.2, 0.25) is 0 Å². The van der Waals surface area contributed by atoms with Crippen molar-refractivity contribution in [2.24, 2.45) is 0 Å². The Morgan fingerprint density at radius 3 is 2.37 bits per heavy atom. The number of allylic oxidation sites excluding steroid dienone is 5. The summed E-state index contributed by atoms with van der Waals surface area (Å²) >= 11 is 0. The number of rotatable bonds is 7. The van der Waals surface area contributed by atoms with Crippen LogP contribution in [0.1, 0.15) is 17.5 Å². The number of alkyl halides is 3. The molecule has 3 rings (SSSR count). The van der Waals surface area contributed by atoms with Crippen LogP contribution in [0.4, 0.5) is 24.5 Å². The normalized spacial score (nSPS) is 15.4. The predicted octanol–water partition coefficient (Wildman–Crippen LogP) is 5.39. The molecule has 0 spiro atoms. The number of anilines is 2. The Kier molecular flexibility index (Phi) is 8.27. The van der Waals surface area contributed by atoms with Crippen LogP contribution in [0.25, 0.3) is 10.4 Å². The van der Waals surface area contributed by atoms with E-state index in [4.69, 9.17) is 11.1 Å². The zero-order valence-corrected chi connectivity index (χ0v) is 20.8. The highest BCUT2D eigenvalue weighted by Gasteiger charge is 2.35. The lowest BCUT2D eigenvalue weighted by atomic mass is 9.96. The van der Waals surface area contributed by atoms with Crippen molar-refractivity contribution >= 4 is 27.1 Å². The summed E-state index contributed by atoms with van der Waals surface area (Å²) in [5.74, 6) is -0.290. The van der Waals surface area contributed by atoms with Crippen LogP contribution in [0.5, 0.6) is 0 Å². The van der Waals surface area contributed by atoms with Gasteiger partial charge < -0.3 is 9.80 Å². The Morgan fingerprint density at radius 1 is 1.13 bits per heavy atom. The van der Waals surface area contributed by atoms with Gasteiger partial charge in [-0.3, -0.25) is 4.55 Å². The summed E-state index contributed by atoms with van der Waals surface area (Å²) in [5.41, 5.74) is -0.134. The van der Waals surface area contributed by atoms with Gasteiger partial charge in [-0.15, -0.1) is 0 Å². The first kappa shape index (κ1) is 28.0. The summed E-state index contributed by atoms with van der Waals surface area (Å²) < 4.78 is 71.8. The number of halogens is 3. The topological polar surface area (TPSA) is 113 Å². The molecule has 38 heavy (non-hydrogen) atoms. The molecule has 0 atom stereocenters. The molecule has 2 aromatic carbocycles. The van der Waals surface area contributed by atoms with Crippen LogP contribution in [-0.2, 0) is 16.3 Å².